The van der Waals surface area contributed by atoms with Crippen LogP contribution in [0.3, 0.4) is 0 Å². The van der Waals surface area contributed by atoms with E-state index in [1.165, 1.54) is 16.4 Å². The maximum absolute atomic E-state index is 12.7. The molecule has 0 aliphatic carbocycles. The lowest BCUT2D eigenvalue weighted by atomic mass is 10.1. The van der Waals surface area contributed by atoms with Gasteiger partial charge in [0.1, 0.15) is 5.75 Å². The van der Waals surface area contributed by atoms with Gasteiger partial charge in [0.2, 0.25) is 10.0 Å². The lowest BCUT2D eigenvalue weighted by molar-refractivity contribution is 0.415. The molecule has 0 aliphatic rings. The van der Waals surface area contributed by atoms with Crippen molar-refractivity contribution >= 4 is 32.4 Å². The summed E-state index contributed by atoms with van der Waals surface area (Å²) in [6.07, 6.45) is 0. The minimum atomic E-state index is -3.56. The van der Waals surface area contributed by atoms with Crippen LogP contribution in [0.4, 0.5) is 0 Å². The zero-order chi connectivity index (χ0) is 18.0. The molecule has 0 unspecified atom stereocenters. The number of hydrogen-bond acceptors (Lipinski definition) is 3. The number of methoxy groups -OCH3 is 1. The summed E-state index contributed by atoms with van der Waals surface area (Å²) in [7, 11) is -0.361. The van der Waals surface area contributed by atoms with Gasteiger partial charge >= 0.3 is 0 Å². The summed E-state index contributed by atoms with van der Waals surface area (Å²) >= 11 is 5.83. The van der Waals surface area contributed by atoms with E-state index >= 15 is 0 Å². The molecule has 0 aliphatic heterocycles. The Bertz CT molecular complexity index is 1000. The monoisotopic (exact) mass is 375 g/mol. The van der Waals surface area contributed by atoms with E-state index in [1.807, 2.05) is 36.4 Å². The van der Waals surface area contributed by atoms with Crippen LogP contribution in [0.1, 0.15) is 5.56 Å². The van der Waals surface area contributed by atoms with Gasteiger partial charge in [0.15, 0.2) is 0 Å². The van der Waals surface area contributed by atoms with Crippen LogP contribution in [-0.2, 0) is 16.6 Å². The Kier molecular flexibility index (Phi) is 4.99. The average molecular weight is 376 g/mol. The molecular formula is C19H18ClNO3S. The van der Waals surface area contributed by atoms with Crippen molar-refractivity contribution in [3.8, 4) is 5.75 Å². The molecule has 130 valence electrons. The van der Waals surface area contributed by atoms with E-state index < -0.39 is 10.0 Å². The molecule has 6 heteroatoms. The van der Waals surface area contributed by atoms with Crippen LogP contribution in [0.25, 0.3) is 10.8 Å². The highest BCUT2D eigenvalue weighted by atomic mass is 35.5. The fraction of sp³-hybridized carbons (Fsp3) is 0.158. The predicted octanol–water partition coefficient (Wildman–Crippen LogP) is 4.32. The quantitative estimate of drug-likeness (QED) is 0.667. The third kappa shape index (κ3) is 3.79. The van der Waals surface area contributed by atoms with E-state index in [-0.39, 0.29) is 11.4 Å². The summed E-state index contributed by atoms with van der Waals surface area (Å²) < 4.78 is 31.9. The number of nitrogens with zero attached hydrogens (tertiary/aromatic N) is 1. The maximum Gasteiger partial charge on any atom is 0.243 e. The highest BCUT2D eigenvalue weighted by Gasteiger charge is 2.20. The molecule has 4 nitrogen and oxygen atoms in total. The molecular weight excluding hydrogens is 358 g/mol. The Hall–Kier alpha value is -2.08. The van der Waals surface area contributed by atoms with Crippen molar-refractivity contribution in [3.05, 3.63) is 71.2 Å². The lowest BCUT2D eigenvalue weighted by Gasteiger charge is -2.17. The highest BCUT2D eigenvalue weighted by Crippen LogP contribution is 2.24. The third-order valence-electron chi connectivity index (χ3n) is 4.04. The summed E-state index contributed by atoms with van der Waals surface area (Å²) in [5.41, 5.74) is 0.915. The van der Waals surface area contributed by atoms with Gasteiger partial charge < -0.3 is 4.74 Å². The Labute approximate surface area is 152 Å². The smallest absolute Gasteiger partial charge is 0.243 e. The molecule has 0 aromatic heterocycles. The second-order valence-electron chi connectivity index (χ2n) is 5.76. The van der Waals surface area contributed by atoms with Gasteiger partial charge in [-0.2, -0.15) is 4.31 Å². The van der Waals surface area contributed by atoms with Gasteiger partial charge in [0.25, 0.3) is 0 Å². The van der Waals surface area contributed by atoms with Gasteiger partial charge in [-0.3, -0.25) is 0 Å². The van der Waals surface area contributed by atoms with Crippen LogP contribution in [-0.4, -0.2) is 26.9 Å². The molecule has 0 spiro atoms. The molecule has 0 atom stereocenters. The van der Waals surface area contributed by atoms with E-state index in [4.69, 9.17) is 16.3 Å². The first kappa shape index (κ1) is 17.7. The summed E-state index contributed by atoms with van der Waals surface area (Å²) in [4.78, 5) is 0.227. The van der Waals surface area contributed by atoms with E-state index in [0.717, 1.165) is 22.1 Å². The zero-order valence-corrected chi connectivity index (χ0v) is 15.5. The first-order valence-electron chi connectivity index (χ1n) is 7.69. The first-order valence-corrected chi connectivity index (χ1v) is 9.50. The second-order valence-corrected chi connectivity index (χ2v) is 8.24. The van der Waals surface area contributed by atoms with E-state index in [1.54, 1.807) is 26.3 Å². The van der Waals surface area contributed by atoms with E-state index in [2.05, 4.69) is 0 Å². The van der Waals surface area contributed by atoms with Gasteiger partial charge in [-0.1, -0.05) is 29.8 Å². The normalized spacial score (nSPS) is 11.8. The second kappa shape index (κ2) is 7.04. The van der Waals surface area contributed by atoms with Crippen LogP contribution in [0.15, 0.2) is 65.6 Å². The number of fused-ring (bicyclic) bond motifs is 1. The van der Waals surface area contributed by atoms with Gasteiger partial charge in [0.05, 0.1) is 12.0 Å². The van der Waals surface area contributed by atoms with Crippen LogP contribution in [0.2, 0.25) is 5.02 Å². The molecule has 0 radical (unpaired) electrons. The average Bonchev–Trinajstić information content (AvgIpc) is 2.61. The van der Waals surface area contributed by atoms with Gasteiger partial charge in [-0.05, 0) is 58.8 Å². The molecule has 0 saturated carbocycles. The Morgan fingerprint density at radius 3 is 2.28 bits per heavy atom. The lowest BCUT2D eigenvalue weighted by Crippen LogP contribution is -2.26. The minimum absolute atomic E-state index is 0.227. The van der Waals surface area contributed by atoms with Crippen LogP contribution in [0.5, 0.6) is 5.75 Å². The number of rotatable bonds is 5. The largest absolute Gasteiger partial charge is 0.497 e. The third-order valence-corrected chi connectivity index (χ3v) is 6.11. The van der Waals surface area contributed by atoms with Crippen molar-refractivity contribution in [2.75, 3.05) is 14.2 Å². The standard InChI is InChI=1S/C19H18ClNO3S/c1-21(25(22,23)19-9-6-17(20)7-10-19)13-14-3-4-16-12-18(24-2)8-5-15(16)11-14/h3-12H,13H2,1-2H3. The minimum Gasteiger partial charge on any atom is -0.497 e. The van der Waals surface area contributed by atoms with Crippen molar-refractivity contribution in [1.82, 2.24) is 4.31 Å². The highest BCUT2D eigenvalue weighted by molar-refractivity contribution is 7.89. The summed E-state index contributed by atoms with van der Waals surface area (Å²) in [6, 6.07) is 17.9. The van der Waals surface area contributed by atoms with Crippen LogP contribution in [0, 0.1) is 0 Å². The van der Waals surface area contributed by atoms with Crippen LogP contribution < -0.4 is 4.74 Å². The SMILES string of the molecule is COc1ccc2cc(CN(C)S(=O)(=O)c3ccc(Cl)cc3)ccc2c1. The van der Waals surface area contributed by atoms with Crippen LogP contribution >= 0.6 is 11.6 Å². The summed E-state index contributed by atoms with van der Waals surface area (Å²) in [5, 5.41) is 2.59. The molecule has 0 N–H and O–H groups in total. The fourth-order valence-corrected chi connectivity index (χ4v) is 3.91. The van der Waals surface area contributed by atoms with Crippen molar-refractivity contribution in [2.45, 2.75) is 11.4 Å². The van der Waals surface area contributed by atoms with E-state index in [0.29, 0.717) is 5.02 Å². The van der Waals surface area contributed by atoms with Gasteiger partial charge in [0, 0.05) is 18.6 Å². The molecule has 0 heterocycles. The van der Waals surface area contributed by atoms with Crippen molar-refractivity contribution in [2.24, 2.45) is 0 Å². The zero-order valence-electron chi connectivity index (χ0n) is 13.9. The number of halogens is 1. The maximum atomic E-state index is 12.7. The molecule has 0 fully saturated rings. The van der Waals surface area contributed by atoms with Crippen molar-refractivity contribution in [1.29, 1.82) is 0 Å². The Balaban J connectivity index is 1.85. The fourth-order valence-electron chi connectivity index (χ4n) is 2.63. The molecule has 25 heavy (non-hydrogen) atoms. The molecule has 3 rings (SSSR count). The number of ether oxygens (including phenoxy) is 1. The van der Waals surface area contributed by atoms with Crippen molar-refractivity contribution in [3.63, 3.8) is 0 Å². The topological polar surface area (TPSA) is 46.6 Å². The summed E-state index contributed by atoms with van der Waals surface area (Å²) in [5.74, 6) is 0.794. The molecule has 0 bridgehead atoms. The molecule has 3 aromatic rings. The van der Waals surface area contributed by atoms with Crippen molar-refractivity contribution < 1.29 is 13.2 Å². The summed E-state index contributed by atoms with van der Waals surface area (Å²) in [6.45, 7) is 0.285. The molecule has 0 amide bonds. The first-order chi connectivity index (χ1) is 11.9. The Morgan fingerprint density at radius 2 is 1.60 bits per heavy atom. The van der Waals surface area contributed by atoms with Gasteiger partial charge in [-0.25, -0.2) is 8.42 Å². The number of hydrogen-bond donors (Lipinski definition) is 0. The predicted molar refractivity (Wildman–Crippen MR) is 101 cm³/mol. The number of benzene rings is 3. The Morgan fingerprint density at radius 1 is 0.960 bits per heavy atom. The number of sulfonamides is 1. The van der Waals surface area contributed by atoms with E-state index in [9.17, 15) is 8.42 Å². The molecule has 0 saturated heterocycles. The van der Waals surface area contributed by atoms with Gasteiger partial charge in [-0.15, -0.1) is 0 Å². The molecule has 3 aromatic carbocycles.